The minimum Gasteiger partial charge on any atom is -0.386 e. The van der Waals surface area contributed by atoms with Crippen molar-refractivity contribution in [2.45, 2.75) is 107 Å². The van der Waals surface area contributed by atoms with Crippen LogP contribution in [0.25, 0.3) is 0 Å². The zero-order chi connectivity index (χ0) is 41.0. The number of carbonyl (C=O) groups excluding carboxylic acids is 5. The Labute approximate surface area is 299 Å². The van der Waals surface area contributed by atoms with E-state index in [4.69, 9.17) is 22.1 Å². The SMILES string of the molecule is CC(=N)N1C(C)CCC1C.CC(=O)N(C)C.CC(=O)N1CCCC1.CC(=O)NO.CC(N)=NN.CC(N)=O.CNN=C(C)N.CONC(C)=O. The molecule has 5 amide bonds. The first-order valence-electron chi connectivity index (χ1n) is 15.6. The van der Waals surface area contributed by atoms with Gasteiger partial charge in [0.05, 0.1) is 12.9 Å². The monoisotopic (exact) mass is 724 g/mol. The van der Waals surface area contributed by atoms with Crippen LogP contribution in [-0.4, -0.2) is 120 Å². The second kappa shape index (κ2) is 38.7. The minimum atomic E-state index is -0.440. The van der Waals surface area contributed by atoms with Crippen molar-refractivity contribution in [3.63, 3.8) is 0 Å². The van der Waals surface area contributed by atoms with Gasteiger partial charge in [-0.2, -0.15) is 10.2 Å². The van der Waals surface area contributed by atoms with Crippen LogP contribution in [0.15, 0.2) is 10.2 Å². The van der Waals surface area contributed by atoms with Crippen LogP contribution in [0.1, 0.15) is 94.9 Å². The minimum absolute atomic E-state index is 0.0926. The summed E-state index contributed by atoms with van der Waals surface area (Å²) in [6.45, 7) is 18.6. The normalized spacial score (nSPS) is 15.3. The van der Waals surface area contributed by atoms with Gasteiger partial charge in [0.15, 0.2) is 0 Å². The Hall–Kier alpha value is -4.72. The van der Waals surface area contributed by atoms with Gasteiger partial charge in [-0.25, -0.2) is 11.0 Å². The Morgan fingerprint density at radius 1 is 0.840 bits per heavy atom. The molecular weight excluding hydrogens is 654 g/mol. The first kappa shape index (κ1) is 57.5. The molecule has 2 rings (SSSR count). The van der Waals surface area contributed by atoms with Crippen molar-refractivity contribution >= 4 is 47.0 Å². The quantitative estimate of drug-likeness (QED) is 0.0598. The number of hydrogen-bond donors (Lipinski definition) is 9. The maximum atomic E-state index is 10.6. The molecule has 2 atom stereocenters. The number of amides is 5. The van der Waals surface area contributed by atoms with Crippen molar-refractivity contribution in [1.29, 1.82) is 5.41 Å². The van der Waals surface area contributed by atoms with Crippen molar-refractivity contribution in [3.05, 3.63) is 0 Å². The van der Waals surface area contributed by atoms with Crippen molar-refractivity contribution in [1.82, 2.24) is 31.1 Å². The molecule has 0 spiro atoms. The third-order valence-electron chi connectivity index (χ3n) is 5.42. The average molecular weight is 724 g/mol. The van der Waals surface area contributed by atoms with Crippen LogP contribution < -0.4 is 39.4 Å². The van der Waals surface area contributed by atoms with Crippen molar-refractivity contribution in [2.24, 2.45) is 33.2 Å². The molecule has 296 valence electrons. The summed E-state index contributed by atoms with van der Waals surface area (Å²) in [5.41, 5.74) is 20.5. The number of hydrogen-bond acceptors (Lipinski definition) is 12. The van der Waals surface area contributed by atoms with Crippen LogP contribution in [0.5, 0.6) is 0 Å². The molecule has 13 N–H and O–H groups in total. The third kappa shape index (κ3) is 55.7. The van der Waals surface area contributed by atoms with Gasteiger partial charge in [0, 0.05) is 80.9 Å². The van der Waals surface area contributed by atoms with Gasteiger partial charge in [-0.15, -0.1) is 0 Å². The fraction of sp³-hybridized carbons (Fsp3) is 0.733. The lowest BCUT2D eigenvalue weighted by Crippen LogP contribution is -2.36. The molecule has 0 radical (unpaired) electrons. The first-order valence-corrected chi connectivity index (χ1v) is 15.6. The number of nitrogens with two attached hydrogens (primary N) is 4. The van der Waals surface area contributed by atoms with E-state index in [1.165, 1.54) is 70.9 Å². The van der Waals surface area contributed by atoms with E-state index in [0.717, 1.165) is 18.9 Å². The van der Waals surface area contributed by atoms with Gasteiger partial charge in [0.2, 0.25) is 29.5 Å². The summed E-state index contributed by atoms with van der Waals surface area (Å²) in [5.74, 6) is 5.68. The van der Waals surface area contributed by atoms with Gasteiger partial charge in [-0.1, -0.05) is 0 Å². The van der Waals surface area contributed by atoms with Crippen molar-refractivity contribution in [3.8, 4) is 0 Å². The highest BCUT2D eigenvalue weighted by Crippen LogP contribution is 2.22. The molecule has 2 unspecified atom stereocenters. The van der Waals surface area contributed by atoms with Crippen LogP contribution >= 0.6 is 0 Å². The molecule has 0 saturated carbocycles. The maximum Gasteiger partial charge on any atom is 0.240 e. The first-order chi connectivity index (χ1) is 22.9. The average Bonchev–Trinajstić information content (AvgIpc) is 3.64. The second-order valence-electron chi connectivity index (χ2n) is 10.8. The molecule has 0 aromatic carbocycles. The molecule has 0 aliphatic carbocycles. The highest BCUT2D eigenvalue weighted by Gasteiger charge is 2.26. The van der Waals surface area contributed by atoms with Gasteiger partial charge >= 0.3 is 0 Å². The predicted octanol–water partition coefficient (Wildman–Crippen LogP) is 0.00187. The number of rotatable bonds is 2. The number of amidine groups is 3. The molecule has 2 fully saturated rings. The van der Waals surface area contributed by atoms with Gasteiger partial charge in [0.1, 0.15) is 11.7 Å². The maximum absolute atomic E-state index is 10.6. The zero-order valence-corrected chi connectivity index (χ0v) is 32.8. The second-order valence-corrected chi connectivity index (χ2v) is 10.8. The topological polar surface area (TPSA) is 313 Å². The summed E-state index contributed by atoms with van der Waals surface area (Å²) < 4.78 is 0. The molecule has 2 aliphatic heterocycles. The Balaban J connectivity index is -0.000000113. The van der Waals surface area contributed by atoms with Crippen molar-refractivity contribution < 1.29 is 34.0 Å². The number of hydrazone groups is 2. The molecule has 0 bridgehead atoms. The summed E-state index contributed by atoms with van der Waals surface area (Å²) in [6.07, 6.45) is 4.88. The van der Waals surface area contributed by atoms with E-state index in [1.807, 2.05) is 11.8 Å². The standard InChI is InChI=1S/C8H16N2.C6H11NO.C4H9NO.C3H9N3.C3H7NO2.C2H7N3.C2H5NO2.C2H5NO/c1-6-4-5-7(2)10(6)8(3)9;1-6(8)7-4-2-3-5-7;1-4(6)5(2)3;1-3(4)6-5-2;1-3(5)4-6-2;1-2(3)5-4;1-2(4)3-5;1-2(3)4/h6-7,9H,4-5H2,1-3H3;2-5H2,1H3;1-3H3;5H,1-2H3,(H2,4,6);1-2H3,(H,4,5);4H2,1H3,(H2,3,5);5H,1H3,(H,3,4);1H3,(H2,3,4). The van der Waals surface area contributed by atoms with E-state index in [2.05, 4.69) is 56.3 Å². The molecule has 2 saturated heterocycles. The number of carbonyl (C=O) groups is 5. The number of likely N-dealkylation sites (tertiary alicyclic amines) is 2. The van der Waals surface area contributed by atoms with E-state index < -0.39 is 5.91 Å². The Bertz CT molecular complexity index is 966. The van der Waals surface area contributed by atoms with Crippen LogP contribution in [0, 0.1) is 5.41 Å². The fourth-order valence-corrected chi connectivity index (χ4v) is 3.21. The lowest BCUT2D eigenvalue weighted by atomic mass is 10.2. The number of nitrogens with one attached hydrogen (secondary N) is 4. The van der Waals surface area contributed by atoms with Gasteiger partial charge in [-0.05, 0) is 60.3 Å². The molecule has 2 heterocycles. The summed E-state index contributed by atoms with van der Waals surface area (Å²) in [6, 6.07) is 1.18. The van der Waals surface area contributed by atoms with Crippen molar-refractivity contribution in [2.75, 3.05) is 41.3 Å². The smallest absolute Gasteiger partial charge is 0.240 e. The Kier molecular flexibility index (Phi) is 44.6. The van der Waals surface area contributed by atoms with Gasteiger partial charge in [0.25, 0.3) is 0 Å². The Morgan fingerprint density at radius 3 is 1.26 bits per heavy atom. The molecule has 50 heavy (non-hydrogen) atoms. The summed E-state index contributed by atoms with van der Waals surface area (Å²) >= 11 is 0. The van der Waals surface area contributed by atoms with Crippen LogP contribution in [0.4, 0.5) is 0 Å². The van der Waals surface area contributed by atoms with Gasteiger partial charge < -0.3 is 43.2 Å². The lowest BCUT2D eigenvalue weighted by molar-refractivity contribution is -0.129. The molecule has 20 nitrogen and oxygen atoms in total. The van der Waals surface area contributed by atoms with Crippen LogP contribution in [0.3, 0.4) is 0 Å². The summed E-state index contributed by atoms with van der Waals surface area (Å²) in [4.78, 5) is 58.9. The predicted molar refractivity (Wildman–Crippen MR) is 198 cm³/mol. The Morgan fingerprint density at radius 2 is 1.18 bits per heavy atom. The molecule has 0 aromatic heterocycles. The molecule has 0 aromatic rings. The van der Waals surface area contributed by atoms with E-state index >= 15 is 0 Å². The fourth-order valence-electron chi connectivity index (χ4n) is 3.21. The molecule has 2 aliphatic rings. The van der Waals surface area contributed by atoms with E-state index in [9.17, 15) is 24.0 Å². The van der Waals surface area contributed by atoms with E-state index in [-0.39, 0.29) is 23.6 Å². The zero-order valence-electron chi connectivity index (χ0n) is 32.8. The highest BCUT2D eigenvalue weighted by atomic mass is 16.6. The van der Waals surface area contributed by atoms with E-state index in [0.29, 0.717) is 23.8 Å². The van der Waals surface area contributed by atoms with Crippen LogP contribution in [0.2, 0.25) is 0 Å². The van der Waals surface area contributed by atoms with E-state index in [1.54, 1.807) is 41.9 Å². The number of hydroxylamine groups is 2. The summed E-state index contributed by atoms with van der Waals surface area (Å²) in [7, 11) is 6.54. The number of nitrogens with zero attached hydrogens (tertiary/aromatic N) is 5. The molecular formula is C30H69N13O7. The largest absolute Gasteiger partial charge is 0.386 e. The lowest BCUT2D eigenvalue weighted by Gasteiger charge is -2.26. The number of primary amides is 1. The highest BCUT2D eigenvalue weighted by molar-refractivity contribution is 5.78. The van der Waals surface area contributed by atoms with Crippen LogP contribution in [-0.2, 0) is 28.8 Å². The molecule has 20 heteroatoms. The third-order valence-corrected chi connectivity index (χ3v) is 5.42. The summed E-state index contributed by atoms with van der Waals surface area (Å²) in [5, 5.41) is 21.7. The van der Waals surface area contributed by atoms with Gasteiger partial charge in [-0.3, -0.25) is 39.4 Å².